The average Bonchev–Trinajstić information content (AvgIpc) is 3.52. The van der Waals surface area contributed by atoms with Crippen LogP contribution < -0.4 is 15.6 Å². The van der Waals surface area contributed by atoms with Crippen molar-refractivity contribution < 1.29 is 33.3 Å². The van der Waals surface area contributed by atoms with Crippen molar-refractivity contribution >= 4 is 34.6 Å². The number of esters is 1. The molecule has 6 bridgehead atoms. The normalized spacial score (nSPS) is 22.3. The fraction of sp³-hybridized carbons (Fsp3) is 0.488. The first-order valence-electron chi connectivity index (χ1n) is 19.8. The van der Waals surface area contributed by atoms with E-state index in [1.807, 2.05) is 43.3 Å². The molecule has 298 valence electrons. The van der Waals surface area contributed by atoms with Crippen molar-refractivity contribution in [3.63, 3.8) is 0 Å². The number of benzene rings is 2. The van der Waals surface area contributed by atoms with Gasteiger partial charge in [0.25, 0.3) is 5.91 Å². The molecule has 4 atom stereocenters. The number of alkyl carbamates (subject to hydrolysis) is 1. The molecule has 2 amide bonds. The quantitative estimate of drug-likeness (QED) is 0.218. The summed E-state index contributed by atoms with van der Waals surface area (Å²) in [6.07, 6.45) is 2.43. The third-order valence-electron chi connectivity index (χ3n) is 11.1. The van der Waals surface area contributed by atoms with Gasteiger partial charge in [0, 0.05) is 73.5 Å². The number of amides is 2. The topological polar surface area (TPSA) is 136 Å². The summed E-state index contributed by atoms with van der Waals surface area (Å²) in [5.41, 5.74) is 9.74. The number of carbonyl (C=O) groups is 3. The van der Waals surface area contributed by atoms with E-state index in [1.54, 1.807) is 13.3 Å². The molecule has 0 saturated carbocycles. The molecule has 3 aliphatic heterocycles. The second-order valence-corrected chi connectivity index (χ2v) is 15.8. The first-order valence-corrected chi connectivity index (χ1v) is 19.8. The number of methoxy groups -OCH3 is 1. The number of hydrogen-bond donors (Lipinski definition) is 2. The van der Waals surface area contributed by atoms with Crippen molar-refractivity contribution in [3.05, 3.63) is 83.7 Å². The molecule has 13 heteroatoms. The highest BCUT2D eigenvalue weighted by Gasteiger charge is 2.37. The number of hydrogen-bond acceptors (Lipinski definition) is 10. The standard InChI is InChI=1S/C43H54N6O7/c1-6-48-37-17-16-30-22-33(37)34(39(48)32-14-10-18-44-38(32)28(2)53-5)24-43(3,4)27-56-41(51)35-15-11-19-49(46-35)40(50)36(23-31-25-47(30)20-21-54-31)45-42(52)55-26-29-12-8-7-9-13-29/h7-10,12-14,16-18,22,28,31,35-36,46H,6,11,15,19-21,23-27H2,1-5H3,(H,45,52)/t28-,31-,35-,36-/m0/s1. The fourth-order valence-corrected chi connectivity index (χ4v) is 8.17. The second kappa shape index (κ2) is 17.0. The molecule has 0 spiro atoms. The van der Waals surface area contributed by atoms with Crippen LogP contribution in [-0.4, -0.2) is 90.7 Å². The van der Waals surface area contributed by atoms with Crippen molar-refractivity contribution in [2.45, 2.75) is 90.8 Å². The molecular formula is C43H54N6O7. The highest BCUT2D eigenvalue weighted by Crippen LogP contribution is 2.42. The van der Waals surface area contributed by atoms with Crippen molar-refractivity contribution in [2.75, 3.05) is 44.9 Å². The number of carbonyl (C=O) groups excluding carboxylic acids is 3. The van der Waals surface area contributed by atoms with Gasteiger partial charge in [-0.25, -0.2) is 10.2 Å². The van der Waals surface area contributed by atoms with Crippen LogP contribution in [0.15, 0.2) is 66.9 Å². The Labute approximate surface area is 328 Å². The number of nitrogens with zero attached hydrogens (tertiary/aromatic N) is 4. The number of cyclic esters (lactones) is 1. The van der Waals surface area contributed by atoms with Crippen molar-refractivity contribution in [1.29, 1.82) is 0 Å². The molecule has 2 aromatic heterocycles. The molecular weight excluding hydrogens is 713 g/mol. The van der Waals surface area contributed by atoms with Crippen LogP contribution in [0.2, 0.25) is 0 Å². The SMILES string of the molecule is CCn1c(-c2cccnc2[C@H](C)OC)c2c3cc(ccc31)N1CCO[C@@H](C[C@H](NC(=O)OCc3ccccc3)C(=O)N3CCC[C@H](N3)C(=O)OCC(C)(C)C2)C1. The molecule has 0 unspecified atom stereocenters. The molecule has 13 nitrogen and oxygen atoms in total. The summed E-state index contributed by atoms with van der Waals surface area (Å²) in [6.45, 7) is 11.4. The summed E-state index contributed by atoms with van der Waals surface area (Å²) in [5, 5.41) is 5.39. The summed E-state index contributed by atoms with van der Waals surface area (Å²) in [7, 11) is 1.70. The number of ether oxygens (including phenoxy) is 4. The molecule has 2 N–H and O–H groups in total. The minimum Gasteiger partial charge on any atom is -0.464 e. The number of pyridine rings is 1. The molecule has 5 heterocycles. The van der Waals surface area contributed by atoms with Gasteiger partial charge in [0.15, 0.2) is 0 Å². The first-order chi connectivity index (χ1) is 27.0. The minimum atomic E-state index is -0.971. The molecule has 4 aromatic rings. The van der Waals surface area contributed by atoms with Crippen LogP contribution >= 0.6 is 0 Å². The van der Waals surface area contributed by atoms with Crippen LogP contribution in [0.3, 0.4) is 0 Å². The smallest absolute Gasteiger partial charge is 0.408 e. The van der Waals surface area contributed by atoms with Crippen LogP contribution in [0, 0.1) is 5.41 Å². The number of hydrazine groups is 1. The predicted molar refractivity (Wildman–Crippen MR) is 213 cm³/mol. The van der Waals surface area contributed by atoms with E-state index in [-0.39, 0.29) is 37.7 Å². The first kappa shape index (κ1) is 39.3. The third kappa shape index (κ3) is 8.54. The fourth-order valence-electron chi connectivity index (χ4n) is 8.17. The Morgan fingerprint density at radius 1 is 1.11 bits per heavy atom. The lowest BCUT2D eigenvalue weighted by Gasteiger charge is -2.38. The molecule has 0 aliphatic carbocycles. The predicted octanol–water partition coefficient (Wildman–Crippen LogP) is 5.94. The lowest BCUT2D eigenvalue weighted by atomic mass is 9.84. The van der Waals surface area contributed by atoms with Gasteiger partial charge in [-0.3, -0.25) is 19.6 Å². The molecule has 56 heavy (non-hydrogen) atoms. The van der Waals surface area contributed by atoms with E-state index in [0.29, 0.717) is 45.5 Å². The molecule has 2 saturated heterocycles. The number of rotatable bonds is 7. The highest BCUT2D eigenvalue weighted by molar-refractivity contribution is 5.95. The summed E-state index contributed by atoms with van der Waals surface area (Å²) in [4.78, 5) is 48.2. The monoisotopic (exact) mass is 766 g/mol. The second-order valence-electron chi connectivity index (χ2n) is 15.8. The maximum atomic E-state index is 14.2. The lowest BCUT2D eigenvalue weighted by molar-refractivity contribution is -0.155. The maximum Gasteiger partial charge on any atom is 0.408 e. The zero-order chi connectivity index (χ0) is 39.4. The van der Waals surface area contributed by atoms with Gasteiger partial charge in [-0.15, -0.1) is 0 Å². The van der Waals surface area contributed by atoms with E-state index in [9.17, 15) is 14.4 Å². The Balaban J connectivity index is 1.27. The number of anilines is 1. The Morgan fingerprint density at radius 2 is 1.93 bits per heavy atom. The Kier molecular flexibility index (Phi) is 11.9. The molecule has 7 rings (SSSR count). The van der Waals surface area contributed by atoms with Crippen molar-refractivity contribution in [3.8, 4) is 11.3 Å². The molecule has 3 aliphatic rings. The number of fused-ring (bicyclic) bond motifs is 6. The van der Waals surface area contributed by atoms with Crippen LogP contribution in [0.25, 0.3) is 22.2 Å². The molecule has 2 aromatic carbocycles. The van der Waals surface area contributed by atoms with E-state index in [4.69, 9.17) is 23.9 Å². The Morgan fingerprint density at radius 3 is 2.71 bits per heavy atom. The van der Waals surface area contributed by atoms with Gasteiger partial charge < -0.3 is 33.7 Å². The van der Waals surface area contributed by atoms with Gasteiger partial charge >= 0.3 is 12.1 Å². The van der Waals surface area contributed by atoms with Gasteiger partial charge in [-0.1, -0.05) is 44.2 Å². The Bertz CT molecular complexity index is 2030. The van der Waals surface area contributed by atoms with E-state index in [1.165, 1.54) is 5.01 Å². The number of morpholine rings is 1. The largest absolute Gasteiger partial charge is 0.464 e. The molecule has 0 radical (unpaired) electrons. The minimum absolute atomic E-state index is 0.0625. The van der Waals surface area contributed by atoms with Crippen molar-refractivity contribution in [2.24, 2.45) is 5.41 Å². The summed E-state index contributed by atoms with van der Waals surface area (Å²) >= 11 is 0. The lowest BCUT2D eigenvalue weighted by Crippen LogP contribution is -2.61. The van der Waals surface area contributed by atoms with Gasteiger partial charge in [0.05, 0.1) is 36.8 Å². The van der Waals surface area contributed by atoms with E-state index in [0.717, 1.165) is 51.2 Å². The number of nitrogens with one attached hydrogen (secondary N) is 2. The van der Waals surface area contributed by atoms with E-state index < -0.39 is 29.6 Å². The number of aryl methyl sites for hydroxylation is 1. The average molecular weight is 767 g/mol. The highest BCUT2D eigenvalue weighted by atomic mass is 16.5. The number of aromatic nitrogens is 2. The zero-order valence-corrected chi connectivity index (χ0v) is 33.1. The maximum absolute atomic E-state index is 14.2. The summed E-state index contributed by atoms with van der Waals surface area (Å²) in [5.74, 6) is -0.782. The van der Waals surface area contributed by atoms with E-state index >= 15 is 0 Å². The van der Waals surface area contributed by atoms with Gasteiger partial charge in [0.1, 0.15) is 18.7 Å². The summed E-state index contributed by atoms with van der Waals surface area (Å²) < 4.78 is 26.0. The zero-order valence-electron chi connectivity index (χ0n) is 33.1. The van der Waals surface area contributed by atoms with Crippen LogP contribution in [-0.2, 0) is 48.1 Å². The molecule has 2 fully saturated rings. The summed E-state index contributed by atoms with van der Waals surface area (Å²) in [6, 6.07) is 18.4. The Hall–Kier alpha value is -4.98. The van der Waals surface area contributed by atoms with Crippen LogP contribution in [0.5, 0.6) is 0 Å². The van der Waals surface area contributed by atoms with Gasteiger partial charge in [-0.2, -0.15) is 0 Å². The third-order valence-corrected chi connectivity index (χ3v) is 11.1. The van der Waals surface area contributed by atoms with Crippen LogP contribution in [0.1, 0.15) is 69.9 Å². The van der Waals surface area contributed by atoms with Crippen molar-refractivity contribution in [1.82, 2.24) is 25.3 Å². The van der Waals surface area contributed by atoms with E-state index in [2.05, 4.69) is 65.2 Å². The van der Waals surface area contributed by atoms with Gasteiger partial charge in [-0.05, 0) is 74.6 Å². The van der Waals surface area contributed by atoms with Gasteiger partial charge in [0.2, 0.25) is 0 Å². The van der Waals surface area contributed by atoms with Crippen LogP contribution in [0.4, 0.5) is 10.5 Å².